The quantitative estimate of drug-likeness (QED) is 0.211. The lowest BCUT2D eigenvalue weighted by Gasteiger charge is -2.26. The smallest absolute Gasteiger partial charge is 0.387 e. The Bertz CT molecular complexity index is 1930. The van der Waals surface area contributed by atoms with Gasteiger partial charge in [-0.15, -0.1) is 0 Å². The fourth-order valence-electron chi connectivity index (χ4n) is 5.56. The van der Waals surface area contributed by atoms with E-state index in [-0.39, 0.29) is 20.1 Å². The zero-order valence-corrected chi connectivity index (χ0v) is 27.6. The Hall–Kier alpha value is -1.40. The van der Waals surface area contributed by atoms with Crippen molar-refractivity contribution in [2.75, 3.05) is 13.2 Å². The molecular weight excluding hydrogens is 740 g/mol. The molecule has 0 saturated carbocycles. The number of imidazole rings is 2. The van der Waals surface area contributed by atoms with Crippen LogP contribution in [0.3, 0.4) is 0 Å². The first-order valence-corrected chi connectivity index (χ1v) is 17.8. The van der Waals surface area contributed by atoms with E-state index < -0.39 is 77.9 Å². The highest BCUT2D eigenvalue weighted by Crippen LogP contribution is 2.54. The van der Waals surface area contributed by atoms with E-state index >= 15 is 0 Å². The lowest BCUT2D eigenvalue weighted by Crippen LogP contribution is -2.36. The number of hydrogen-bond donors (Lipinski definition) is 4. The molecule has 3 aliphatic heterocycles. The number of benzene rings is 2. The van der Waals surface area contributed by atoms with Crippen molar-refractivity contribution in [2.45, 2.75) is 49.1 Å². The number of rotatable bonds is 2. The number of fused-ring (bicyclic) bond motifs is 5. The number of halogens is 4. The summed E-state index contributed by atoms with van der Waals surface area (Å²) in [6, 6.07) is 5.93. The number of phosphoric acid groups is 2. The van der Waals surface area contributed by atoms with Crippen molar-refractivity contribution in [3.05, 3.63) is 57.0 Å². The minimum Gasteiger partial charge on any atom is -0.387 e. The first kappa shape index (κ1) is 33.1. The van der Waals surface area contributed by atoms with Crippen molar-refractivity contribution in [1.29, 1.82) is 0 Å². The molecule has 46 heavy (non-hydrogen) atoms. The molecule has 16 nitrogen and oxygen atoms in total. The highest BCUT2D eigenvalue weighted by atomic mass is 35.5. The first-order chi connectivity index (χ1) is 21.7. The Morgan fingerprint density at radius 2 is 1.13 bits per heavy atom. The number of hydrogen-bond acceptors (Lipinski definition) is 12. The molecule has 248 valence electrons. The summed E-state index contributed by atoms with van der Waals surface area (Å²) in [7, 11) is -10.1. The normalized spacial score (nSPS) is 37.2. The summed E-state index contributed by atoms with van der Waals surface area (Å²) in [5.74, 6) is 0. The van der Waals surface area contributed by atoms with E-state index in [0.29, 0.717) is 22.1 Å². The van der Waals surface area contributed by atoms with Crippen LogP contribution in [0.4, 0.5) is 0 Å². The fourth-order valence-corrected chi connectivity index (χ4v) is 8.09. The van der Waals surface area contributed by atoms with E-state index in [1.807, 2.05) is 0 Å². The third kappa shape index (κ3) is 6.03. The van der Waals surface area contributed by atoms with Crippen LogP contribution in [0.1, 0.15) is 12.5 Å². The number of phosphoric ester groups is 2. The monoisotopic (exact) mass is 760 g/mol. The standard InChI is InChI=1S/C24H22Cl4N4O12P2/c25-9-1-13-15(3-11(9)27)31(7-29-13)23-20(34)21-18(42-23)6-40-46(37,38)44-22-19(33)17(5-39-45(35,36)43-21)41-24(22)32-8-30-14-2-10(26)12(28)4-16(14)32/h1-4,7-8,17-24,33-34H,5-6H2,(H,35,36)(H,37,38)/t17-,18-,19?,20?,21?,22?,23-,24-/m1/s1. The molecule has 6 unspecified atom stereocenters. The topological polar surface area (TPSA) is 206 Å². The van der Waals surface area contributed by atoms with Crippen molar-refractivity contribution in [1.82, 2.24) is 19.1 Å². The van der Waals surface area contributed by atoms with Gasteiger partial charge >= 0.3 is 15.6 Å². The second kappa shape index (κ2) is 12.2. The maximum atomic E-state index is 13.3. The van der Waals surface area contributed by atoms with Gasteiger partial charge in [0.2, 0.25) is 0 Å². The molecule has 3 saturated heterocycles. The van der Waals surface area contributed by atoms with Crippen molar-refractivity contribution >= 4 is 84.1 Å². The molecule has 7 rings (SSSR count). The number of aliphatic hydroxyl groups excluding tert-OH is 2. The van der Waals surface area contributed by atoms with Crippen LogP contribution in [0.2, 0.25) is 20.1 Å². The summed E-state index contributed by atoms with van der Waals surface area (Å²) < 4.78 is 62.1. The molecule has 2 aromatic carbocycles. The maximum absolute atomic E-state index is 13.3. The van der Waals surface area contributed by atoms with E-state index in [4.69, 9.17) is 74.0 Å². The molecule has 10 atom stereocenters. The molecular formula is C24H22Cl4N4O12P2. The highest BCUT2D eigenvalue weighted by Gasteiger charge is 2.53. The average Bonchev–Trinajstić information content (AvgIpc) is 3.72. The first-order valence-electron chi connectivity index (χ1n) is 13.3. The van der Waals surface area contributed by atoms with Crippen LogP contribution in [0.15, 0.2) is 36.9 Å². The van der Waals surface area contributed by atoms with Crippen molar-refractivity contribution < 1.29 is 56.7 Å². The summed E-state index contributed by atoms with van der Waals surface area (Å²) >= 11 is 24.5. The molecule has 2 bridgehead atoms. The average molecular weight is 762 g/mol. The Morgan fingerprint density at radius 3 is 1.70 bits per heavy atom. The molecule has 4 aromatic rings. The summed E-state index contributed by atoms with van der Waals surface area (Å²) in [5, 5.41) is 23.1. The zero-order valence-electron chi connectivity index (χ0n) is 22.7. The van der Waals surface area contributed by atoms with E-state index in [1.165, 1.54) is 46.1 Å². The van der Waals surface area contributed by atoms with Crippen LogP contribution in [0, 0.1) is 0 Å². The molecule has 0 radical (unpaired) electrons. The summed E-state index contributed by atoms with van der Waals surface area (Å²) in [6.07, 6.45) is -9.38. The van der Waals surface area contributed by atoms with Gasteiger partial charge in [0.05, 0.1) is 68.0 Å². The third-order valence-electron chi connectivity index (χ3n) is 7.72. The minimum atomic E-state index is -5.05. The van der Waals surface area contributed by atoms with Crippen LogP contribution in [0.25, 0.3) is 22.1 Å². The summed E-state index contributed by atoms with van der Waals surface area (Å²) in [6.45, 7) is -1.53. The van der Waals surface area contributed by atoms with Gasteiger partial charge in [-0.05, 0) is 24.3 Å². The fraction of sp³-hybridized carbons (Fsp3) is 0.417. The molecule has 22 heteroatoms. The second-order valence-corrected chi connectivity index (χ2v) is 15.0. The number of nitrogens with zero attached hydrogens (tertiary/aromatic N) is 4. The van der Waals surface area contributed by atoms with Crippen LogP contribution in [-0.2, 0) is 36.7 Å². The number of ether oxygens (including phenoxy) is 2. The molecule has 4 N–H and O–H groups in total. The van der Waals surface area contributed by atoms with Gasteiger partial charge in [-0.2, -0.15) is 0 Å². The van der Waals surface area contributed by atoms with Gasteiger partial charge in [-0.25, -0.2) is 19.1 Å². The van der Waals surface area contributed by atoms with E-state index in [2.05, 4.69) is 9.97 Å². The Labute approximate surface area is 278 Å². The van der Waals surface area contributed by atoms with Crippen LogP contribution in [-0.4, -0.2) is 88.9 Å². The summed E-state index contributed by atoms with van der Waals surface area (Å²) in [5.41, 5.74) is 1.53. The van der Waals surface area contributed by atoms with Gasteiger partial charge in [0.25, 0.3) is 0 Å². The zero-order chi connectivity index (χ0) is 32.7. The van der Waals surface area contributed by atoms with Crippen molar-refractivity contribution in [3.63, 3.8) is 0 Å². The van der Waals surface area contributed by atoms with Gasteiger partial charge in [-0.3, -0.25) is 18.1 Å². The predicted molar refractivity (Wildman–Crippen MR) is 161 cm³/mol. The molecule has 5 heterocycles. The number of aromatic nitrogens is 4. The largest absolute Gasteiger partial charge is 0.472 e. The molecule has 2 aromatic heterocycles. The molecule has 0 spiro atoms. The maximum Gasteiger partial charge on any atom is 0.472 e. The number of aliphatic hydroxyl groups is 2. The predicted octanol–water partition coefficient (Wildman–Crippen LogP) is 4.23. The van der Waals surface area contributed by atoms with Gasteiger partial charge in [0.15, 0.2) is 12.5 Å². The second-order valence-electron chi connectivity index (χ2n) is 10.6. The third-order valence-corrected chi connectivity index (χ3v) is 11.1. The van der Waals surface area contributed by atoms with Gasteiger partial charge in [-0.1, -0.05) is 46.4 Å². The Balaban J connectivity index is 1.20. The van der Waals surface area contributed by atoms with Crippen LogP contribution < -0.4 is 0 Å². The van der Waals surface area contributed by atoms with Crippen LogP contribution >= 0.6 is 62.0 Å². The van der Waals surface area contributed by atoms with Crippen molar-refractivity contribution in [2.24, 2.45) is 0 Å². The Kier molecular flexibility index (Phi) is 8.77. The van der Waals surface area contributed by atoms with Gasteiger partial charge in [0.1, 0.15) is 36.6 Å². The summed E-state index contributed by atoms with van der Waals surface area (Å²) in [4.78, 5) is 29.9. The minimum absolute atomic E-state index is 0.172. The molecule has 3 fully saturated rings. The van der Waals surface area contributed by atoms with E-state index in [0.717, 1.165) is 0 Å². The highest BCUT2D eigenvalue weighted by molar-refractivity contribution is 7.47. The molecule has 0 aliphatic carbocycles. The lowest BCUT2D eigenvalue weighted by atomic mass is 10.1. The van der Waals surface area contributed by atoms with Gasteiger partial charge in [0, 0.05) is 0 Å². The molecule has 3 aliphatic rings. The van der Waals surface area contributed by atoms with E-state index in [1.54, 1.807) is 0 Å². The SMILES string of the molecule is O=P1(O)OC[C@H]2O[C@@H](n3cnc4cc(Cl)c(Cl)cc43)C(O)C2OP(=O)(O)OC[C@H]2O[C@@H](n3cnc4cc(Cl)c(Cl)cc43)C(O1)C2O. The van der Waals surface area contributed by atoms with E-state index in [9.17, 15) is 29.1 Å². The van der Waals surface area contributed by atoms with Gasteiger partial charge < -0.3 is 38.6 Å². The Morgan fingerprint density at radius 1 is 0.674 bits per heavy atom. The van der Waals surface area contributed by atoms with Crippen molar-refractivity contribution in [3.8, 4) is 0 Å². The van der Waals surface area contributed by atoms with Crippen LogP contribution in [0.5, 0.6) is 0 Å². The molecule has 0 amide bonds. The lowest BCUT2D eigenvalue weighted by molar-refractivity contribution is -0.0670.